The molecule has 1 heterocycles. The molecule has 0 unspecified atom stereocenters. The number of halogens is 1. The van der Waals surface area contributed by atoms with Crippen molar-refractivity contribution in [2.75, 3.05) is 6.61 Å². The van der Waals surface area contributed by atoms with Gasteiger partial charge < -0.3 is 9.84 Å². The Morgan fingerprint density at radius 3 is 2.83 bits per heavy atom. The largest absolute Gasteiger partial charge is 0.493 e. The van der Waals surface area contributed by atoms with Gasteiger partial charge in [-0.05, 0) is 47.1 Å². The van der Waals surface area contributed by atoms with E-state index in [1.807, 2.05) is 25.1 Å². The lowest BCUT2D eigenvalue weighted by molar-refractivity contribution is 0.0690. The van der Waals surface area contributed by atoms with E-state index in [0.717, 1.165) is 15.8 Å². The summed E-state index contributed by atoms with van der Waals surface area (Å²) in [4.78, 5) is 10.8. The van der Waals surface area contributed by atoms with E-state index in [2.05, 4.69) is 26.1 Å². The topological polar surface area (TPSA) is 75.2 Å². The summed E-state index contributed by atoms with van der Waals surface area (Å²) in [5.41, 5.74) is 1.46. The van der Waals surface area contributed by atoms with Crippen LogP contribution in [0.15, 0.2) is 28.7 Å². The standard InChI is InChI=1S/C12H11BrN2O3/c1-2-18-11-4-3-7(5-8(11)13)9-6-10(12(16)17)15-14-9/h3-6H,2H2,1H3,(H,14,15)(H,16,17). The molecule has 1 aromatic carbocycles. The Hall–Kier alpha value is -1.82. The molecule has 0 radical (unpaired) electrons. The van der Waals surface area contributed by atoms with E-state index in [0.29, 0.717) is 12.3 Å². The van der Waals surface area contributed by atoms with Gasteiger partial charge in [0.25, 0.3) is 0 Å². The first-order chi connectivity index (χ1) is 8.61. The van der Waals surface area contributed by atoms with Crippen LogP contribution in [0.2, 0.25) is 0 Å². The van der Waals surface area contributed by atoms with Crippen molar-refractivity contribution in [3.63, 3.8) is 0 Å². The van der Waals surface area contributed by atoms with Crippen LogP contribution < -0.4 is 4.74 Å². The highest BCUT2D eigenvalue weighted by molar-refractivity contribution is 9.10. The molecule has 0 aliphatic rings. The van der Waals surface area contributed by atoms with Crippen molar-refractivity contribution in [3.05, 3.63) is 34.4 Å². The van der Waals surface area contributed by atoms with Crippen molar-refractivity contribution in [3.8, 4) is 17.0 Å². The third kappa shape index (κ3) is 2.53. The number of carboxylic acids is 1. The van der Waals surface area contributed by atoms with Crippen LogP contribution in [0.4, 0.5) is 0 Å². The van der Waals surface area contributed by atoms with Gasteiger partial charge in [-0.1, -0.05) is 0 Å². The van der Waals surface area contributed by atoms with Crippen molar-refractivity contribution < 1.29 is 14.6 Å². The molecular weight excluding hydrogens is 300 g/mol. The molecule has 2 N–H and O–H groups in total. The van der Waals surface area contributed by atoms with E-state index < -0.39 is 5.97 Å². The van der Waals surface area contributed by atoms with Crippen LogP contribution >= 0.6 is 15.9 Å². The fourth-order valence-electron chi connectivity index (χ4n) is 1.51. The highest BCUT2D eigenvalue weighted by Crippen LogP contribution is 2.30. The van der Waals surface area contributed by atoms with E-state index in [1.165, 1.54) is 6.07 Å². The Labute approximate surface area is 112 Å². The minimum absolute atomic E-state index is 0.0648. The number of nitrogens with zero attached hydrogens (tertiary/aromatic N) is 1. The number of ether oxygens (including phenoxy) is 1. The third-order valence-corrected chi connectivity index (χ3v) is 2.96. The molecule has 2 aromatic rings. The Balaban J connectivity index is 2.33. The summed E-state index contributed by atoms with van der Waals surface area (Å²) in [6.45, 7) is 2.50. The quantitative estimate of drug-likeness (QED) is 0.910. The van der Waals surface area contributed by atoms with Crippen LogP contribution in [-0.4, -0.2) is 27.9 Å². The van der Waals surface area contributed by atoms with Crippen LogP contribution in [0.3, 0.4) is 0 Å². The lowest BCUT2D eigenvalue weighted by Crippen LogP contribution is -1.95. The molecule has 0 saturated carbocycles. The molecule has 5 nitrogen and oxygen atoms in total. The van der Waals surface area contributed by atoms with Crippen molar-refractivity contribution >= 4 is 21.9 Å². The fraction of sp³-hybridized carbons (Fsp3) is 0.167. The van der Waals surface area contributed by atoms with Crippen molar-refractivity contribution in [1.82, 2.24) is 10.2 Å². The third-order valence-electron chi connectivity index (χ3n) is 2.34. The van der Waals surface area contributed by atoms with Crippen LogP contribution in [0.25, 0.3) is 11.3 Å². The molecule has 0 spiro atoms. The summed E-state index contributed by atoms with van der Waals surface area (Å²) in [6.07, 6.45) is 0. The van der Waals surface area contributed by atoms with Gasteiger partial charge in [0.05, 0.1) is 16.8 Å². The minimum Gasteiger partial charge on any atom is -0.493 e. The summed E-state index contributed by atoms with van der Waals surface area (Å²) >= 11 is 3.40. The van der Waals surface area contributed by atoms with Gasteiger partial charge >= 0.3 is 5.97 Å². The molecule has 94 valence electrons. The molecule has 0 fully saturated rings. The van der Waals surface area contributed by atoms with Gasteiger partial charge in [0.1, 0.15) is 11.4 Å². The molecule has 0 bridgehead atoms. The predicted molar refractivity (Wildman–Crippen MR) is 69.9 cm³/mol. The average molecular weight is 311 g/mol. The maximum atomic E-state index is 10.8. The fourth-order valence-corrected chi connectivity index (χ4v) is 2.01. The number of carbonyl (C=O) groups is 1. The molecule has 0 aliphatic heterocycles. The number of benzene rings is 1. The second kappa shape index (κ2) is 5.22. The van der Waals surface area contributed by atoms with Crippen molar-refractivity contribution in [2.24, 2.45) is 0 Å². The Morgan fingerprint density at radius 2 is 2.28 bits per heavy atom. The second-order valence-corrected chi connectivity index (χ2v) is 4.40. The molecule has 0 atom stereocenters. The number of carboxylic acid groups (broad SMARTS) is 1. The van der Waals surface area contributed by atoms with Crippen LogP contribution in [0.5, 0.6) is 5.75 Å². The monoisotopic (exact) mass is 310 g/mol. The van der Waals surface area contributed by atoms with E-state index in [9.17, 15) is 4.79 Å². The van der Waals surface area contributed by atoms with Gasteiger partial charge in [-0.3, -0.25) is 5.10 Å². The minimum atomic E-state index is -1.03. The second-order valence-electron chi connectivity index (χ2n) is 3.55. The molecule has 2 rings (SSSR count). The number of H-pyrrole nitrogens is 1. The number of aromatic amines is 1. The number of aromatic carboxylic acids is 1. The van der Waals surface area contributed by atoms with Crippen molar-refractivity contribution in [2.45, 2.75) is 6.92 Å². The van der Waals surface area contributed by atoms with E-state index in [1.54, 1.807) is 0 Å². The van der Waals surface area contributed by atoms with Gasteiger partial charge in [0.15, 0.2) is 0 Å². The summed E-state index contributed by atoms with van der Waals surface area (Å²) in [5, 5.41) is 15.2. The average Bonchev–Trinajstić information content (AvgIpc) is 2.81. The lowest BCUT2D eigenvalue weighted by atomic mass is 10.1. The maximum absolute atomic E-state index is 10.8. The first-order valence-corrected chi connectivity index (χ1v) is 6.12. The summed E-state index contributed by atoms with van der Waals surface area (Å²) in [7, 11) is 0. The number of hydrogen-bond acceptors (Lipinski definition) is 3. The van der Waals surface area contributed by atoms with E-state index in [4.69, 9.17) is 9.84 Å². The first-order valence-electron chi connectivity index (χ1n) is 5.33. The molecule has 0 amide bonds. The van der Waals surface area contributed by atoms with Gasteiger partial charge in [-0.25, -0.2) is 4.79 Å². The number of rotatable bonds is 4. The molecule has 1 aromatic heterocycles. The molecule has 18 heavy (non-hydrogen) atoms. The molecule has 0 aliphatic carbocycles. The zero-order chi connectivity index (χ0) is 13.1. The number of aromatic nitrogens is 2. The van der Waals surface area contributed by atoms with Gasteiger partial charge in [0.2, 0.25) is 0 Å². The Morgan fingerprint density at radius 1 is 1.50 bits per heavy atom. The number of nitrogens with one attached hydrogen (secondary N) is 1. The van der Waals surface area contributed by atoms with Crippen molar-refractivity contribution in [1.29, 1.82) is 0 Å². The maximum Gasteiger partial charge on any atom is 0.353 e. The predicted octanol–water partition coefficient (Wildman–Crippen LogP) is 2.94. The van der Waals surface area contributed by atoms with Gasteiger partial charge in [-0.2, -0.15) is 5.10 Å². The zero-order valence-electron chi connectivity index (χ0n) is 9.61. The van der Waals surface area contributed by atoms with Crippen LogP contribution in [0.1, 0.15) is 17.4 Å². The Bertz CT molecular complexity index is 580. The zero-order valence-corrected chi connectivity index (χ0v) is 11.2. The van der Waals surface area contributed by atoms with E-state index >= 15 is 0 Å². The van der Waals surface area contributed by atoms with Gasteiger partial charge in [-0.15, -0.1) is 0 Å². The van der Waals surface area contributed by atoms with E-state index in [-0.39, 0.29) is 5.69 Å². The lowest BCUT2D eigenvalue weighted by Gasteiger charge is -2.06. The Kier molecular flexibility index (Phi) is 3.66. The smallest absolute Gasteiger partial charge is 0.353 e. The summed E-state index contributed by atoms with van der Waals surface area (Å²) in [6, 6.07) is 6.98. The molecule has 6 heteroatoms. The molecular formula is C12H11BrN2O3. The SMILES string of the molecule is CCOc1ccc(-c2cc(C(=O)O)[nH]n2)cc1Br. The molecule has 0 saturated heterocycles. The summed E-state index contributed by atoms with van der Waals surface area (Å²) < 4.78 is 6.21. The first kappa shape index (κ1) is 12.6. The normalized spacial score (nSPS) is 10.3. The van der Waals surface area contributed by atoms with Crippen LogP contribution in [0, 0.1) is 0 Å². The van der Waals surface area contributed by atoms with Gasteiger partial charge in [0, 0.05) is 5.56 Å². The van der Waals surface area contributed by atoms with Crippen LogP contribution in [-0.2, 0) is 0 Å². The number of hydrogen-bond donors (Lipinski definition) is 2. The highest BCUT2D eigenvalue weighted by atomic mass is 79.9. The highest BCUT2D eigenvalue weighted by Gasteiger charge is 2.10. The summed E-state index contributed by atoms with van der Waals surface area (Å²) in [5.74, 6) is -0.283.